The van der Waals surface area contributed by atoms with Crippen LogP contribution in [0.4, 0.5) is 0 Å². The SMILES string of the molecule is CCC(C)(C)c1cc(C(C)(C)CC)c2cc(-c3cc(C(C)=O)ccc3P(O)(O)(O)c3cc4c(C(C)(C)CC)cc(C(C)(C)CC)cc4cc3C(C)(C)CC)c(C(C)(C)CC)cc2c1. The van der Waals surface area contributed by atoms with Crippen molar-refractivity contribution < 1.29 is 19.5 Å². The summed E-state index contributed by atoms with van der Waals surface area (Å²) in [6, 6.07) is 23.0. The van der Waals surface area contributed by atoms with Crippen molar-refractivity contribution in [3.63, 3.8) is 0 Å². The normalized spacial score (nSPS) is 14.3. The van der Waals surface area contributed by atoms with Gasteiger partial charge in [-0.2, -0.15) is 0 Å². The van der Waals surface area contributed by atoms with Gasteiger partial charge in [-0.3, -0.25) is 0 Å². The molecule has 0 saturated carbocycles. The quantitative estimate of drug-likeness (QED) is 0.0682. The molecule has 0 unspecified atom stereocenters. The first-order valence-corrected chi connectivity index (χ1v) is 26.1. The number of benzene rings is 5. The fraction of sp³-hybridized carbons (Fsp3) is 0.534. The van der Waals surface area contributed by atoms with E-state index in [9.17, 15) is 19.5 Å². The summed E-state index contributed by atoms with van der Waals surface area (Å²) < 4.78 is 0. The van der Waals surface area contributed by atoms with Gasteiger partial charge in [0.25, 0.3) is 0 Å². The number of rotatable bonds is 16. The van der Waals surface area contributed by atoms with Crippen LogP contribution in [0.2, 0.25) is 0 Å². The van der Waals surface area contributed by atoms with Gasteiger partial charge < -0.3 is 0 Å². The molecule has 0 spiro atoms. The van der Waals surface area contributed by atoms with Crippen molar-refractivity contribution in [2.24, 2.45) is 0 Å². The third-order valence-electron chi connectivity index (χ3n) is 16.5. The second-order valence-electron chi connectivity index (χ2n) is 22.9. The van der Waals surface area contributed by atoms with E-state index < -0.39 is 12.7 Å². The Kier molecular flexibility index (Phi) is 13.5. The number of hydrogen-bond acceptors (Lipinski definition) is 4. The molecule has 5 heteroatoms. The van der Waals surface area contributed by atoms with Crippen molar-refractivity contribution in [3.05, 3.63) is 106 Å². The molecule has 344 valence electrons. The van der Waals surface area contributed by atoms with Gasteiger partial charge in [-0.05, 0) is 0 Å². The van der Waals surface area contributed by atoms with E-state index >= 15 is 0 Å². The molecular formula is C58H83O4P. The van der Waals surface area contributed by atoms with Crippen molar-refractivity contribution in [2.75, 3.05) is 0 Å². The Hall–Kier alpha value is -3.40. The molecule has 0 aliphatic carbocycles. The van der Waals surface area contributed by atoms with Crippen LogP contribution in [0.5, 0.6) is 0 Å². The number of carbonyl (C=O) groups is 1. The molecule has 0 aliphatic heterocycles. The molecule has 4 nitrogen and oxygen atoms in total. The van der Waals surface area contributed by atoms with Crippen LogP contribution in [-0.2, 0) is 32.5 Å². The second kappa shape index (κ2) is 16.8. The average Bonchev–Trinajstić information content (AvgIpc) is 3.23. The molecule has 0 heterocycles. The number of fused-ring (bicyclic) bond motifs is 2. The molecule has 5 aromatic carbocycles. The van der Waals surface area contributed by atoms with Gasteiger partial charge in [0.1, 0.15) is 0 Å². The third-order valence-corrected chi connectivity index (χ3v) is 19.1. The molecule has 0 aromatic heterocycles. The van der Waals surface area contributed by atoms with Gasteiger partial charge in [0.05, 0.1) is 0 Å². The number of ketones is 1. The monoisotopic (exact) mass is 875 g/mol. The van der Waals surface area contributed by atoms with E-state index in [0.29, 0.717) is 23.1 Å². The zero-order valence-corrected chi connectivity index (χ0v) is 43.7. The summed E-state index contributed by atoms with van der Waals surface area (Å²) in [6.45, 7) is 41.7. The summed E-state index contributed by atoms with van der Waals surface area (Å²) in [5.41, 5.74) is 6.92. The van der Waals surface area contributed by atoms with Gasteiger partial charge >= 0.3 is 384 Å². The summed E-state index contributed by atoms with van der Waals surface area (Å²) in [5, 5.41) is 4.38. The van der Waals surface area contributed by atoms with Gasteiger partial charge in [-0.25, -0.2) is 0 Å². The molecule has 0 saturated heterocycles. The van der Waals surface area contributed by atoms with Crippen molar-refractivity contribution in [3.8, 4) is 11.1 Å². The molecule has 0 aliphatic rings. The topological polar surface area (TPSA) is 77.8 Å². The zero-order valence-electron chi connectivity index (χ0n) is 42.8. The second-order valence-corrected chi connectivity index (χ2v) is 25.9. The minimum atomic E-state index is -6.07. The van der Waals surface area contributed by atoms with Crippen LogP contribution in [0.1, 0.15) is 214 Å². The summed E-state index contributed by atoms with van der Waals surface area (Å²) in [7, 11) is -6.07. The van der Waals surface area contributed by atoms with Gasteiger partial charge in [0.2, 0.25) is 0 Å². The van der Waals surface area contributed by atoms with Crippen molar-refractivity contribution >= 4 is 45.2 Å². The first kappa shape index (κ1) is 50.6. The van der Waals surface area contributed by atoms with E-state index in [1.807, 2.05) is 6.07 Å². The Bertz CT molecular complexity index is 2550. The van der Waals surface area contributed by atoms with E-state index in [1.54, 1.807) is 25.1 Å². The predicted octanol–water partition coefficient (Wildman–Crippen LogP) is 15.2. The van der Waals surface area contributed by atoms with Crippen LogP contribution < -0.4 is 10.6 Å². The molecule has 63 heavy (non-hydrogen) atoms. The molecule has 5 aromatic rings. The Balaban J connectivity index is 2.06. The standard InChI is InChI=1S/C58H83O4P/c1-20-53(8,9)41-28-39-31-47(55(12,13)22-3)45(35-43(39)48(33-41)56(14,15)23-4)46-30-38(37(7)59)26-27-51(46)63(60,61,62)52-36-44-40(32-50(52)58(18,19)25-6)29-42(54(10,11)21-2)34-49(44)57(16,17)24-5/h26-36,60-62H,20-25H2,1-19H3. The maximum absolute atomic E-state index is 13.5. The van der Waals surface area contributed by atoms with E-state index in [2.05, 4.69) is 167 Å². The predicted molar refractivity (Wildman–Crippen MR) is 276 cm³/mol. The first-order chi connectivity index (χ1) is 28.8. The van der Waals surface area contributed by atoms with Crippen LogP contribution >= 0.6 is 7.28 Å². The Morgan fingerprint density at radius 1 is 0.429 bits per heavy atom. The Labute approximate surface area is 382 Å². The fourth-order valence-corrected chi connectivity index (χ4v) is 11.4. The van der Waals surface area contributed by atoms with Crippen LogP contribution in [0.3, 0.4) is 0 Å². The molecule has 3 N–H and O–H groups in total. The number of hydrogen-bond donors (Lipinski definition) is 3. The summed E-state index contributed by atoms with van der Waals surface area (Å²) in [5.74, 6) is -0.135. The van der Waals surface area contributed by atoms with E-state index in [1.165, 1.54) is 16.7 Å². The average molecular weight is 875 g/mol. The van der Waals surface area contributed by atoms with E-state index in [-0.39, 0.29) is 43.5 Å². The van der Waals surface area contributed by atoms with Crippen LogP contribution in [0, 0.1) is 0 Å². The minimum absolute atomic E-state index is 0.0411. The van der Waals surface area contributed by atoms with Crippen LogP contribution in [-0.4, -0.2) is 20.5 Å². The fourth-order valence-electron chi connectivity index (χ4n) is 9.01. The summed E-state index contributed by atoms with van der Waals surface area (Å²) in [4.78, 5) is 53.7. The molecule has 0 amide bonds. The third kappa shape index (κ3) is 9.10. The molecule has 0 radical (unpaired) electrons. The molecule has 5 rings (SSSR count). The first-order valence-electron chi connectivity index (χ1n) is 24.0. The summed E-state index contributed by atoms with van der Waals surface area (Å²) in [6.07, 6.45) is 5.28. The van der Waals surface area contributed by atoms with Gasteiger partial charge in [-0.15, -0.1) is 0 Å². The molecular weight excluding hydrogens is 792 g/mol. The van der Waals surface area contributed by atoms with Gasteiger partial charge in [0.15, 0.2) is 0 Å². The van der Waals surface area contributed by atoms with E-state index in [0.717, 1.165) is 70.3 Å². The Morgan fingerprint density at radius 2 is 0.810 bits per heavy atom. The van der Waals surface area contributed by atoms with Crippen molar-refractivity contribution in [1.82, 2.24) is 0 Å². The van der Waals surface area contributed by atoms with Crippen molar-refractivity contribution in [1.29, 1.82) is 0 Å². The molecule has 0 fully saturated rings. The summed E-state index contributed by atoms with van der Waals surface area (Å²) >= 11 is 0. The molecule has 0 bridgehead atoms. The van der Waals surface area contributed by atoms with Crippen molar-refractivity contribution in [2.45, 2.75) is 203 Å². The maximum atomic E-state index is 13.5. The van der Waals surface area contributed by atoms with Gasteiger partial charge in [0, 0.05) is 0 Å². The van der Waals surface area contributed by atoms with Crippen LogP contribution in [0.15, 0.2) is 66.7 Å². The van der Waals surface area contributed by atoms with E-state index in [4.69, 9.17) is 0 Å². The number of Topliss-reactive ketones (excluding diaryl/α,β-unsaturated/α-hetero) is 1. The molecule has 0 atom stereocenters. The van der Waals surface area contributed by atoms with Crippen LogP contribution in [0.25, 0.3) is 32.7 Å². The van der Waals surface area contributed by atoms with Gasteiger partial charge in [-0.1, -0.05) is 0 Å². The Morgan fingerprint density at radius 3 is 1.22 bits per heavy atom. The number of carbonyl (C=O) groups excluding carboxylic acids is 1. The zero-order chi connectivity index (χ0) is 47.7.